The summed E-state index contributed by atoms with van der Waals surface area (Å²) in [6.07, 6.45) is -0.447. The van der Waals surface area contributed by atoms with Crippen LogP contribution in [0.25, 0.3) is 11.1 Å². The summed E-state index contributed by atoms with van der Waals surface area (Å²) in [5.41, 5.74) is 4.80. The summed E-state index contributed by atoms with van der Waals surface area (Å²) in [5.74, 6) is 0.0584. The molecule has 0 fully saturated rings. The third kappa shape index (κ3) is 5.07. The van der Waals surface area contributed by atoms with Crippen molar-refractivity contribution in [3.63, 3.8) is 0 Å². The zero-order chi connectivity index (χ0) is 18.9. The number of nitrogens with one attached hydrogen (secondary N) is 1. The van der Waals surface area contributed by atoms with Crippen LogP contribution in [-0.2, 0) is 14.2 Å². The largest absolute Gasteiger partial charge is 0.449 e. The minimum atomic E-state index is -0.447. The number of carbonyl (C=O) groups excluding carboxylic acids is 1. The number of rotatable bonds is 10. The lowest BCUT2D eigenvalue weighted by Crippen LogP contribution is -2.29. The fourth-order valence-corrected chi connectivity index (χ4v) is 3.26. The van der Waals surface area contributed by atoms with Crippen LogP contribution in [0.4, 0.5) is 4.79 Å². The normalized spacial score (nSPS) is 12.5. The Kier molecular flexibility index (Phi) is 7.21. The summed E-state index contributed by atoms with van der Waals surface area (Å²) in [4.78, 5) is 12.0. The number of fused-ring (bicyclic) bond motifs is 3. The van der Waals surface area contributed by atoms with Gasteiger partial charge in [-0.05, 0) is 22.3 Å². The van der Waals surface area contributed by atoms with E-state index in [1.54, 1.807) is 0 Å². The summed E-state index contributed by atoms with van der Waals surface area (Å²) in [6.45, 7) is 2.21. The van der Waals surface area contributed by atoms with E-state index in [0.29, 0.717) is 39.6 Å². The van der Waals surface area contributed by atoms with Crippen LogP contribution in [0.3, 0.4) is 0 Å². The molecule has 1 aliphatic rings. The summed E-state index contributed by atoms with van der Waals surface area (Å²) < 4.78 is 15.8. The van der Waals surface area contributed by atoms with Crippen molar-refractivity contribution in [3.05, 3.63) is 59.7 Å². The number of carbonyl (C=O) groups is 1. The number of ether oxygens (including phenoxy) is 3. The van der Waals surface area contributed by atoms with E-state index >= 15 is 0 Å². The fraction of sp³-hybridized carbons (Fsp3) is 0.381. The van der Waals surface area contributed by atoms with Gasteiger partial charge in [0.15, 0.2) is 0 Å². The first-order valence-corrected chi connectivity index (χ1v) is 9.16. The lowest BCUT2D eigenvalue weighted by molar-refractivity contribution is 0.0337. The van der Waals surface area contributed by atoms with Crippen LogP contribution in [0.1, 0.15) is 17.0 Å². The van der Waals surface area contributed by atoms with Gasteiger partial charge in [-0.1, -0.05) is 48.5 Å². The van der Waals surface area contributed by atoms with E-state index in [0.717, 1.165) is 0 Å². The molecule has 0 spiro atoms. The van der Waals surface area contributed by atoms with Gasteiger partial charge in [-0.3, -0.25) is 0 Å². The van der Waals surface area contributed by atoms with Crippen molar-refractivity contribution in [2.45, 2.75) is 5.92 Å². The van der Waals surface area contributed by atoms with Crippen molar-refractivity contribution in [2.75, 3.05) is 46.2 Å². The Hall–Kier alpha value is -2.41. The molecule has 2 aromatic rings. The number of alkyl carbamates (subject to hydrolysis) is 1. The molecule has 2 N–H and O–H groups in total. The van der Waals surface area contributed by atoms with Crippen molar-refractivity contribution in [2.24, 2.45) is 0 Å². The standard InChI is InChI=1S/C21H25NO5/c23-10-12-26-14-13-25-11-9-22-21(24)27-15-20-18-7-3-1-5-16(18)17-6-2-4-8-19(17)20/h1-8,20,23H,9-15H2,(H,22,24). The highest BCUT2D eigenvalue weighted by Gasteiger charge is 2.28. The Labute approximate surface area is 159 Å². The first kappa shape index (κ1) is 19.4. The maximum Gasteiger partial charge on any atom is 0.407 e. The van der Waals surface area contributed by atoms with E-state index in [1.165, 1.54) is 22.3 Å². The van der Waals surface area contributed by atoms with Gasteiger partial charge in [0.1, 0.15) is 6.61 Å². The molecule has 0 saturated heterocycles. The molecule has 0 radical (unpaired) electrons. The highest BCUT2D eigenvalue weighted by Crippen LogP contribution is 2.44. The molecule has 27 heavy (non-hydrogen) atoms. The first-order chi connectivity index (χ1) is 13.3. The summed E-state index contributed by atoms with van der Waals surface area (Å²) in [5, 5.41) is 11.3. The molecule has 144 valence electrons. The molecule has 0 saturated carbocycles. The third-order valence-electron chi connectivity index (χ3n) is 4.47. The van der Waals surface area contributed by atoms with Gasteiger partial charge in [-0.25, -0.2) is 4.79 Å². The summed E-state index contributed by atoms with van der Waals surface area (Å²) >= 11 is 0. The SMILES string of the molecule is O=C(NCCOCCOCCO)OCC1c2ccccc2-c2ccccc21. The minimum Gasteiger partial charge on any atom is -0.449 e. The molecule has 0 unspecified atom stereocenters. The summed E-state index contributed by atoms with van der Waals surface area (Å²) in [7, 11) is 0. The average Bonchev–Trinajstić information content (AvgIpc) is 3.02. The molecule has 0 aliphatic heterocycles. The number of hydrogen-bond donors (Lipinski definition) is 2. The van der Waals surface area contributed by atoms with Gasteiger partial charge in [-0.2, -0.15) is 0 Å². The number of aliphatic hydroxyl groups excluding tert-OH is 1. The number of benzene rings is 2. The molecular weight excluding hydrogens is 346 g/mol. The molecule has 0 heterocycles. The van der Waals surface area contributed by atoms with Gasteiger partial charge < -0.3 is 24.6 Å². The van der Waals surface area contributed by atoms with Crippen LogP contribution in [0, 0.1) is 0 Å². The molecule has 0 atom stereocenters. The van der Waals surface area contributed by atoms with Gasteiger partial charge >= 0.3 is 6.09 Å². The number of amides is 1. The van der Waals surface area contributed by atoms with E-state index in [4.69, 9.17) is 19.3 Å². The summed E-state index contributed by atoms with van der Waals surface area (Å²) in [6, 6.07) is 16.5. The zero-order valence-corrected chi connectivity index (χ0v) is 15.2. The van der Waals surface area contributed by atoms with E-state index in [9.17, 15) is 4.79 Å². The maximum absolute atomic E-state index is 12.0. The molecule has 6 nitrogen and oxygen atoms in total. The predicted octanol–water partition coefficient (Wildman–Crippen LogP) is 2.55. The van der Waals surface area contributed by atoms with Crippen molar-refractivity contribution in [3.8, 4) is 11.1 Å². The Balaban J connectivity index is 1.42. The molecule has 0 aromatic heterocycles. The van der Waals surface area contributed by atoms with Gasteiger partial charge in [0.05, 0.1) is 33.0 Å². The van der Waals surface area contributed by atoms with E-state index in [1.807, 2.05) is 24.3 Å². The lowest BCUT2D eigenvalue weighted by Gasteiger charge is -2.14. The van der Waals surface area contributed by atoms with Gasteiger partial charge in [-0.15, -0.1) is 0 Å². The van der Waals surface area contributed by atoms with E-state index < -0.39 is 6.09 Å². The van der Waals surface area contributed by atoms with Crippen LogP contribution >= 0.6 is 0 Å². The highest BCUT2D eigenvalue weighted by molar-refractivity contribution is 5.79. The van der Waals surface area contributed by atoms with Crippen molar-refractivity contribution < 1.29 is 24.1 Å². The molecule has 2 aromatic carbocycles. The predicted molar refractivity (Wildman–Crippen MR) is 102 cm³/mol. The van der Waals surface area contributed by atoms with Gasteiger partial charge in [0, 0.05) is 12.5 Å². The second-order valence-corrected chi connectivity index (χ2v) is 6.20. The average molecular weight is 371 g/mol. The molecule has 6 heteroatoms. The fourth-order valence-electron chi connectivity index (χ4n) is 3.26. The number of hydrogen-bond acceptors (Lipinski definition) is 5. The van der Waals surface area contributed by atoms with Crippen molar-refractivity contribution >= 4 is 6.09 Å². The van der Waals surface area contributed by atoms with E-state index in [-0.39, 0.29) is 12.5 Å². The monoisotopic (exact) mass is 371 g/mol. The maximum atomic E-state index is 12.0. The molecule has 1 aliphatic carbocycles. The highest BCUT2D eigenvalue weighted by atomic mass is 16.6. The lowest BCUT2D eigenvalue weighted by atomic mass is 9.98. The molecule has 3 rings (SSSR count). The van der Waals surface area contributed by atoms with Gasteiger partial charge in [0.2, 0.25) is 0 Å². The van der Waals surface area contributed by atoms with Crippen LogP contribution in [0.5, 0.6) is 0 Å². The van der Waals surface area contributed by atoms with Gasteiger partial charge in [0.25, 0.3) is 0 Å². The molecule has 1 amide bonds. The minimum absolute atomic E-state index is 0.00331. The van der Waals surface area contributed by atoms with E-state index in [2.05, 4.69) is 29.6 Å². The van der Waals surface area contributed by atoms with Crippen molar-refractivity contribution in [1.82, 2.24) is 5.32 Å². The second-order valence-electron chi connectivity index (χ2n) is 6.20. The third-order valence-corrected chi connectivity index (χ3v) is 4.47. The number of aliphatic hydroxyl groups is 1. The Morgan fingerprint density at radius 3 is 2.11 bits per heavy atom. The topological polar surface area (TPSA) is 77.0 Å². The quantitative estimate of drug-likeness (QED) is 0.628. The zero-order valence-electron chi connectivity index (χ0n) is 15.2. The van der Waals surface area contributed by atoms with Crippen LogP contribution in [0.15, 0.2) is 48.5 Å². The molecular formula is C21H25NO5. The Bertz CT molecular complexity index is 703. The van der Waals surface area contributed by atoms with Crippen LogP contribution < -0.4 is 5.32 Å². The first-order valence-electron chi connectivity index (χ1n) is 9.16. The Morgan fingerprint density at radius 1 is 0.889 bits per heavy atom. The van der Waals surface area contributed by atoms with Crippen LogP contribution in [0.2, 0.25) is 0 Å². The Morgan fingerprint density at radius 2 is 1.48 bits per heavy atom. The molecule has 0 bridgehead atoms. The smallest absolute Gasteiger partial charge is 0.407 e. The van der Waals surface area contributed by atoms with Crippen molar-refractivity contribution in [1.29, 1.82) is 0 Å². The van der Waals surface area contributed by atoms with Crippen LogP contribution in [-0.4, -0.2) is 57.4 Å². The second kappa shape index (κ2) is 10.1.